The normalized spacial score (nSPS) is 10.2. The molecule has 0 saturated heterocycles. The fourth-order valence-corrected chi connectivity index (χ4v) is 2.10. The van der Waals surface area contributed by atoms with E-state index in [9.17, 15) is 0 Å². The number of pyridine rings is 1. The average molecular weight is 288 g/mol. The van der Waals surface area contributed by atoms with Crippen molar-refractivity contribution in [2.75, 3.05) is 11.9 Å². The number of hydrogen-bond donors (Lipinski definition) is 1. The molecule has 0 atom stereocenters. The Morgan fingerprint density at radius 1 is 0.955 bits per heavy atom. The second-order valence-electron chi connectivity index (χ2n) is 4.73. The second kappa shape index (κ2) is 6.63. The topological polar surface area (TPSA) is 50.7 Å². The molecule has 0 fully saturated rings. The van der Waals surface area contributed by atoms with E-state index in [-0.39, 0.29) is 0 Å². The average Bonchev–Trinajstić information content (AvgIpc) is 2.61. The van der Waals surface area contributed by atoms with Gasteiger partial charge in [-0.15, -0.1) is 6.58 Å². The maximum atomic E-state index is 4.68. The molecular formula is C18H16N4. The summed E-state index contributed by atoms with van der Waals surface area (Å²) in [6, 6.07) is 15.8. The monoisotopic (exact) mass is 288 g/mol. The second-order valence-corrected chi connectivity index (χ2v) is 4.73. The molecule has 0 saturated carbocycles. The molecule has 2 heterocycles. The molecule has 22 heavy (non-hydrogen) atoms. The van der Waals surface area contributed by atoms with Crippen molar-refractivity contribution in [3.8, 4) is 22.6 Å². The third kappa shape index (κ3) is 3.17. The lowest BCUT2D eigenvalue weighted by atomic mass is 10.1. The van der Waals surface area contributed by atoms with Gasteiger partial charge in [-0.2, -0.15) is 0 Å². The van der Waals surface area contributed by atoms with Gasteiger partial charge in [-0.25, -0.2) is 9.97 Å². The summed E-state index contributed by atoms with van der Waals surface area (Å²) < 4.78 is 0. The molecule has 0 aliphatic rings. The largest absolute Gasteiger partial charge is 0.366 e. The predicted octanol–water partition coefficient (Wildman–Crippen LogP) is 3.80. The first kappa shape index (κ1) is 13.9. The van der Waals surface area contributed by atoms with E-state index >= 15 is 0 Å². The summed E-state index contributed by atoms with van der Waals surface area (Å²) in [7, 11) is 0. The van der Waals surface area contributed by atoms with Gasteiger partial charge >= 0.3 is 0 Å². The van der Waals surface area contributed by atoms with Gasteiger partial charge in [0.15, 0.2) is 5.82 Å². The van der Waals surface area contributed by atoms with E-state index in [1.165, 1.54) is 0 Å². The van der Waals surface area contributed by atoms with Gasteiger partial charge < -0.3 is 5.32 Å². The number of rotatable bonds is 5. The molecule has 1 N–H and O–H groups in total. The zero-order valence-electron chi connectivity index (χ0n) is 12.1. The van der Waals surface area contributed by atoms with Crippen LogP contribution in [0.1, 0.15) is 0 Å². The van der Waals surface area contributed by atoms with Gasteiger partial charge in [-0.1, -0.05) is 36.4 Å². The van der Waals surface area contributed by atoms with Crippen LogP contribution in [0.15, 0.2) is 73.6 Å². The Morgan fingerprint density at radius 2 is 1.73 bits per heavy atom. The molecule has 3 rings (SSSR count). The van der Waals surface area contributed by atoms with Crippen molar-refractivity contribution in [3.05, 3.63) is 73.6 Å². The minimum Gasteiger partial charge on any atom is -0.366 e. The summed E-state index contributed by atoms with van der Waals surface area (Å²) in [4.78, 5) is 13.3. The van der Waals surface area contributed by atoms with Gasteiger partial charge in [0.2, 0.25) is 0 Å². The molecule has 0 aliphatic carbocycles. The van der Waals surface area contributed by atoms with E-state index in [4.69, 9.17) is 0 Å². The van der Waals surface area contributed by atoms with Crippen molar-refractivity contribution >= 4 is 5.82 Å². The maximum Gasteiger partial charge on any atom is 0.162 e. The Labute approximate surface area is 129 Å². The van der Waals surface area contributed by atoms with E-state index in [1.807, 2.05) is 48.5 Å². The highest BCUT2D eigenvalue weighted by Gasteiger charge is 2.08. The molecule has 0 radical (unpaired) electrons. The molecule has 4 nitrogen and oxygen atoms in total. The molecule has 0 spiro atoms. The van der Waals surface area contributed by atoms with Crippen molar-refractivity contribution < 1.29 is 0 Å². The Hall–Kier alpha value is -3.01. The maximum absolute atomic E-state index is 4.68. The molecule has 0 amide bonds. The zero-order chi connectivity index (χ0) is 15.2. The Balaban J connectivity index is 2.08. The quantitative estimate of drug-likeness (QED) is 0.725. The lowest BCUT2D eigenvalue weighted by Crippen LogP contribution is -2.03. The highest BCUT2D eigenvalue weighted by molar-refractivity contribution is 5.67. The van der Waals surface area contributed by atoms with Crippen molar-refractivity contribution in [1.82, 2.24) is 15.0 Å². The van der Waals surface area contributed by atoms with Crippen LogP contribution in [0.2, 0.25) is 0 Å². The first-order valence-electron chi connectivity index (χ1n) is 7.06. The Kier molecular flexibility index (Phi) is 4.20. The molecule has 4 heteroatoms. The Morgan fingerprint density at radius 3 is 2.45 bits per heavy atom. The fourth-order valence-electron chi connectivity index (χ4n) is 2.10. The van der Waals surface area contributed by atoms with Gasteiger partial charge in [0.25, 0.3) is 0 Å². The van der Waals surface area contributed by atoms with Gasteiger partial charge in [0, 0.05) is 36.1 Å². The number of benzene rings is 1. The number of aromatic nitrogens is 3. The standard InChI is InChI=1S/C18H16N4/c1-2-10-20-17-13-16(14-8-11-19-12-9-14)21-18(22-17)15-6-4-3-5-7-15/h2-9,11-13H,1,10H2,(H,20,21,22). The number of hydrogen-bond acceptors (Lipinski definition) is 4. The summed E-state index contributed by atoms with van der Waals surface area (Å²) in [5.41, 5.74) is 2.86. The summed E-state index contributed by atoms with van der Waals surface area (Å²) in [5.74, 6) is 1.47. The summed E-state index contributed by atoms with van der Waals surface area (Å²) in [6.07, 6.45) is 5.32. The smallest absolute Gasteiger partial charge is 0.162 e. The van der Waals surface area contributed by atoms with E-state index in [0.29, 0.717) is 12.4 Å². The van der Waals surface area contributed by atoms with Crippen LogP contribution in [-0.2, 0) is 0 Å². The summed E-state index contributed by atoms with van der Waals surface area (Å²) in [6.45, 7) is 4.38. The third-order valence-corrected chi connectivity index (χ3v) is 3.16. The fraction of sp³-hybridized carbons (Fsp3) is 0.0556. The van der Waals surface area contributed by atoms with Crippen LogP contribution < -0.4 is 5.32 Å². The van der Waals surface area contributed by atoms with Crippen molar-refractivity contribution in [2.45, 2.75) is 0 Å². The van der Waals surface area contributed by atoms with E-state index in [1.54, 1.807) is 18.5 Å². The Bertz CT molecular complexity index is 697. The zero-order valence-corrected chi connectivity index (χ0v) is 12.1. The first-order chi connectivity index (χ1) is 10.9. The lowest BCUT2D eigenvalue weighted by Gasteiger charge is -2.09. The van der Waals surface area contributed by atoms with Crippen LogP contribution in [0.5, 0.6) is 0 Å². The molecule has 2 aromatic heterocycles. The van der Waals surface area contributed by atoms with Crippen LogP contribution >= 0.6 is 0 Å². The predicted molar refractivity (Wildman–Crippen MR) is 89.4 cm³/mol. The van der Waals surface area contributed by atoms with Crippen LogP contribution in [0.4, 0.5) is 5.82 Å². The van der Waals surface area contributed by atoms with E-state index < -0.39 is 0 Å². The van der Waals surface area contributed by atoms with Gasteiger partial charge in [-0.3, -0.25) is 4.98 Å². The van der Waals surface area contributed by atoms with Gasteiger partial charge in [0.1, 0.15) is 5.82 Å². The first-order valence-corrected chi connectivity index (χ1v) is 7.06. The molecule has 0 bridgehead atoms. The SMILES string of the molecule is C=CCNc1cc(-c2ccncc2)nc(-c2ccccc2)n1. The van der Waals surface area contributed by atoms with Crippen LogP contribution in [0, 0.1) is 0 Å². The highest BCUT2D eigenvalue weighted by Crippen LogP contribution is 2.23. The molecule has 3 aromatic rings. The molecule has 1 aromatic carbocycles. The number of anilines is 1. The number of nitrogens with one attached hydrogen (secondary N) is 1. The minimum absolute atomic E-state index is 0.654. The lowest BCUT2D eigenvalue weighted by molar-refractivity contribution is 1.15. The molecule has 0 aliphatic heterocycles. The van der Waals surface area contributed by atoms with Gasteiger partial charge in [-0.05, 0) is 12.1 Å². The summed E-state index contributed by atoms with van der Waals surface area (Å²) >= 11 is 0. The molecule has 108 valence electrons. The van der Waals surface area contributed by atoms with E-state index in [0.717, 1.165) is 22.6 Å². The minimum atomic E-state index is 0.654. The van der Waals surface area contributed by atoms with Crippen LogP contribution in [-0.4, -0.2) is 21.5 Å². The number of nitrogens with zero attached hydrogens (tertiary/aromatic N) is 3. The molecular weight excluding hydrogens is 272 g/mol. The summed E-state index contributed by atoms with van der Waals surface area (Å²) in [5, 5.41) is 3.23. The third-order valence-electron chi connectivity index (χ3n) is 3.16. The molecule has 0 unspecified atom stereocenters. The van der Waals surface area contributed by atoms with Crippen LogP contribution in [0.25, 0.3) is 22.6 Å². The van der Waals surface area contributed by atoms with E-state index in [2.05, 4.69) is 26.8 Å². The van der Waals surface area contributed by atoms with Crippen LogP contribution in [0.3, 0.4) is 0 Å². The van der Waals surface area contributed by atoms with Gasteiger partial charge in [0.05, 0.1) is 5.69 Å². The van der Waals surface area contributed by atoms with Crippen molar-refractivity contribution in [3.63, 3.8) is 0 Å². The highest BCUT2D eigenvalue weighted by atomic mass is 15.0. The van der Waals surface area contributed by atoms with Crippen molar-refractivity contribution in [2.24, 2.45) is 0 Å². The van der Waals surface area contributed by atoms with Crippen molar-refractivity contribution in [1.29, 1.82) is 0 Å².